The van der Waals surface area contributed by atoms with E-state index in [9.17, 15) is 22.8 Å². The van der Waals surface area contributed by atoms with Crippen molar-refractivity contribution in [1.29, 1.82) is 0 Å². The lowest BCUT2D eigenvalue weighted by molar-refractivity contribution is -0.137. The second-order valence-corrected chi connectivity index (χ2v) is 9.03. The fourth-order valence-electron chi connectivity index (χ4n) is 3.54. The molecule has 0 aliphatic carbocycles. The third kappa shape index (κ3) is 3.61. The molecule has 0 N–H and O–H groups in total. The number of hydrogen-bond donors (Lipinski definition) is 0. The number of sulfonamides is 1. The molecule has 0 unspecified atom stereocenters. The summed E-state index contributed by atoms with van der Waals surface area (Å²) in [6.07, 6.45) is 2.71. The number of fused-ring (bicyclic) bond motifs is 2. The summed E-state index contributed by atoms with van der Waals surface area (Å²) in [5.74, 6) is -1.92. The van der Waals surface area contributed by atoms with Crippen molar-refractivity contribution >= 4 is 33.6 Å². The molecule has 0 saturated carbocycles. The molecule has 2 aliphatic heterocycles. The summed E-state index contributed by atoms with van der Waals surface area (Å²) >= 11 is 0. The van der Waals surface area contributed by atoms with Crippen molar-refractivity contribution in [3.8, 4) is 0 Å². The van der Waals surface area contributed by atoms with Gasteiger partial charge in [-0.05, 0) is 30.7 Å². The summed E-state index contributed by atoms with van der Waals surface area (Å²) in [5.41, 5.74) is 0.727. The molecule has 0 fully saturated rings. The van der Waals surface area contributed by atoms with E-state index < -0.39 is 34.4 Å². The zero-order chi connectivity index (χ0) is 22.2. The van der Waals surface area contributed by atoms with Crippen LogP contribution in [-0.2, 0) is 19.6 Å². The highest BCUT2D eigenvalue weighted by molar-refractivity contribution is 7.89. The Morgan fingerprint density at radius 3 is 2.13 bits per heavy atom. The first-order chi connectivity index (χ1) is 14.8. The summed E-state index contributed by atoms with van der Waals surface area (Å²) in [4.78, 5) is 38.5. The van der Waals surface area contributed by atoms with Gasteiger partial charge in [-0.1, -0.05) is 37.6 Å². The highest BCUT2D eigenvalue weighted by Crippen LogP contribution is 2.33. The number of nitrogens with zero attached hydrogens (tertiary/aromatic N) is 2. The normalized spacial score (nSPS) is 16.6. The molecule has 2 aliphatic rings. The fraction of sp³-hybridized carbons (Fsp3) is 0.227. The minimum absolute atomic E-state index is 0.0390. The summed E-state index contributed by atoms with van der Waals surface area (Å²) in [5, 5.41) is 0. The van der Waals surface area contributed by atoms with Crippen molar-refractivity contribution in [2.24, 2.45) is 0 Å². The maximum atomic E-state index is 12.9. The van der Waals surface area contributed by atoms with Crippen LogP contribution in [0.15, 0.2) is 59.6 Å². The summed E-state index contributed by atoms with van der Waals surface area (Å²) in [7, 11) is -3.75. The van der Waals surface area contributed by atoms with E-state index in [1.807, 2.05) is 6.92 Å². The van der Waals surface area contributed by atoms with Crippen LogP contribution in [0.25, 0.3) is 5.76 Å². The van der Waals surface area contributed by atoms with Gasteiger partial charge in [-0.15, -0.1) is 0 Å². The Labute approximate surface area is 179 Å². The third-order valence-corrected chi connectivity index (χ3v) is 6.94. The number of carbonyl (C=O) groups excluding carboxylic acids is 3. The Morgan fingerprint density at radius 2 is 1.52 bits per heavy atom. The Balaban J connectivity index is 1.58. The lowest BCUT2D eigenvalue weighted by atomic mass is 10.1. The molecule has 0 radical (unpaired) electrons. The topological polar surface area (TPSA) is 101 Å². The van der Waals surface area contributed by atoms with E-state index in [-0.39, 0.29) is 33.9 Å². The van der Waals surface area contributed by atoms with Gasteiger partial charge in [0, 0.05) is 12.1 Å². The number of rotatable bonds is 6. The quantitative estimate of drug-likeness (QED) is 0.506. The Bertz CT molecular complexity index is 1180. The highest BCUT2D eigenvalue weighted by atomic mass is 32.2. The largest absolute Gasteiger partial charge is 0.423 e. The second-order valence-electron chi connectivity index (χ2n) is 7.17. The van der Waals surface area contributed by atoms with Crippen LogP contribution in [0.3, 0.4) is 0 Å². The van der Waals surface area contributed by atoms with Gasteiger partial charge in [0.2, 0.25) is 0 Å². The van der Waals surface area contributed by atoms with Gasteiger partial charge in [0.25, 0.3) is 21.8 Å². The maximum absolute atomic E-state index is 12.9. The number of carbonyl (C=O) groups is 3. The smallest absolute Gasteiger partial charge is 0.331 e. The number of esters is 1. The number of imide groups is 1. The van der Waals surface area contributed by atoms with Gasteiger partial charge in [-0.2, -0.15) is 0 Å². The molecule has 2 heterocycles. The van der Waals surface area contributed by atoms with Gasteiger partial charge in [0.1, 0.15) is 6.54 Å². The van der Waals surface area contributed by atoms with Crippen LogP contribution in [-0.4, -0.2) is 48.5 Å². The van der Waals surface area contributed by atoms with E-state index in [4.69, 9.17) is 4.74 Å². The maximum Gasteiger partial charge on any atom is 0.331 e. The summed E-state index contributed by atoms with van der Waals surface area (Å²) in [6.45, 7) is 1.61. The molecule has 2 aromatic carbocycles. The molecule has 0 bridgehead atoms. The van der Waals surface area contributed by atoms with Crippen LogP contribution in [0.4, 0.5) is 0 Å². The van der Waals surface area contributed by atoms with Gasteiger partial charge >= 0.3 is 5.97 Å². The molecule has 31 heavy (non-hydrogen) atoms. The molecule has 0 atom stereocenters. The minimum atomic E-state index is -3.75. The van der Waals surface area contributed by atoms with Gasteiger partial charge < -0.3 is 4.74 Å². The number of amides is 2. The standard InChI is InChI=1S/C22H20N2O6S/c1-2-3-12-23-13-18(17-10-6-7-11-19(17)31(23,28)29)30-20(25)14-24-21(26)15-8-4-5-9-16(15)22(24)27/h4-11,13H,2-3,12,14H2,1H3. The first-order valence-corrected chi connectivity index (χ1v) is 11.3. The lowest BCUT2D eigenvalue weighted by Gasteiger charge is -2.28. The van der Waals surface area contributed by atoms with Gasteiger partial charge in [0.05, 0.1) is 22.2 Å². The van der Waals surface area contributed by atoms with E-state index in [0.29, 0.717) is 6.42 Å². The second kappa shape index (κ2) is 7.99. The molecule has 9 heteroatoms. The van der Waals surface area contributed by atoms with E-state index in [0.717, 1.165) is 15.6 Å². The SMILES string of the molecule is CCCCN1C=C(OC(=O)CN2C(=O)c3ccccc3C2=O)c2ccccc2S1(=O)=O. The molecule has 160 valence electrons. The molecular formula is C22H20N2O6S. The number of hydrogen-bond acceptors (Lipinski definition) is 6. The predicted molar refractivity (Wildman–Crippen MR) is 111 cm³/mol. The molecule has 0 saturated heterocycles. The van der Waals surface area contributed by atoms with Crippen LogP contribution < -0.4 is 0 Å². The van der Waals surface area contributed by atoms with Crippen LogP contribution in [0, 0.1) is 0 Å². The Kier molecular flexibility index (Phi) is 5.36. The van der Waals surface area contributed by atoms with Crippen LogP contribution >= 0.6 is 0 Å². The van der Waals surface area contributed by atoms with Crippen molar-refractivity contribution < 1.29 is 27.5 Å². The predicted octanol–water partition coefficient (Wildman–Crippen LogP) is 2.63. The van der Waals surface area contributed by atoms with Gasteiger partial charge in [-0.3, -0.25) is 18.8 Å². The lowest BCUT2D eigenvalue weighted by Crippen LogP contribution is -2.36. The molecule has 2 amide bonds. The molecule has 8 nitrogen and oxygen atoms in total. The monoisotopic (exact) mass is 440 g/mol. The van der Waals surface area contributed by atoms with Crippen molar-refractivity contribution in [3.05, 3.63) is 71.4 Å². The van der Waals surface area contributed by atoms with E-state index in [2.05, 4.69) is 0 Å². The highest BCUT2D eigenvalue weighted by Gasteiger charge is 2.38. The average Bonchev–Trinajstić information content (AvgIpc) is 3.00. The fourth-order valence-corrected chi connectivity index (χ4v) is 5.09. The summed E-state index contributed by atoms with van der Waals surface area (Å²) < 4.78 is 32.4. The van der Waals surface area contributed by atoms with Crippen molar-refractivity contribution in [2.75, 3.05) is 13.1 Å². The molecular weight excluding hydrogens is 420 g/mol. The average molecular weight is 440 g/mol. The zero-order valence-electron chi connectivity index (χ0n) is 16.8. The van der Waals surface area contributed by atoms with Crippen molar-refractivity contribution in [3.63, 3.8) is 0 Å². The van der Waals surface area contributed by atoms with E-state index >= 15 is 0 Å². The minimum Gasteiger partial charge on any atom is -0.423 e. The number of unbranched alkanes of at least 4 members (excludes halogenated alkanes) is 1. The van der Waals surface area contributed by atoms with Crippen molar-refractivity contribution in [2.45, 2.75) is 24.7 Å². The Morgan fingerprint density at radius 1 is 0.935 bits per heavy atom. The zero-order valence-corrected chi connectivity index (χ0v) is 17.6. The molecule has 0 aromatic heterocycles. The molecule has 2 aromatic rings. The Hall–Kier alpha value is -3.46. The van der Waals surface area contributed by atoms with Gasteiger partial charge in [-0.25, -0.2) is 13.2 Å². The van der Waals surface area contributed by atoms with Crippen molar-refractivity contribution in [1.82, 2.24) is 9.21 Å². The van der Waals surface area contributed by atoms with E-state index in [1.54, 1.807) is 30.3 Å². The first-order valence-electron chi connectivity index (χ1n) is 9.83. The number of benzene rings is 2. The number of ether oxygens (including phenoxy) is 1. The van der Waals surface area contributed by atoms with Crippen LogP contribution in [0.5, 0.6) is 0 Å². The first kappa shape index (κ1) is 20.8. The molecule has 0 spiro atoms. The van der Waals surface area contributed by atoms with Gasteiger partial charge in [0.15, 0.2) is 5.76 Å². The van der Waals surface area contributed by atoms with E-state index in [1.165, 1.54) is 24.4 Å². The molecule has 4 rings (SSSR count). The summed E-state index contributed by atoms with van der Waals surface area (Å²) in [6, 6.07) is 12.6. The van der Waals surface area contributed by atoms with Crippen LogP contribution in [0.2, 0.25) is 0 Å². The third-order valence-electron chi connectivity index (χ3n) is 5.12. The van der Waals surface area contributed by atoms with Crippen LogP contribution in [0.1, 0.15) is 46.0 Å².